The number of aryl methyl sites for hydroxylation is 1. The lowest BCUT2D eigenvalue weighted by Crippen LogP contribution is -2.28. The van der Waals surface area contributed by atoms with Crippen molar-refractivity contribution in [2.75, 3.05) is 24.3 Å². The van der Waals surface area contributed by atoms with Crippen molar-refractivity contribution in [1.82, 2.24) is 5.32 Å². The quantitative estimate of drug-likeness (QED) is 0.632. The second-order valence-corrected chi connectivity index (χ2v) is 5.91. The van der Waals surface area contributed by atoms with E-state index in [0.29, 0.717) is 46.0 Å². The standard InChI is InChI=1S/C20H21N3O4/c1-4-21-20(25)23-14-7-5-6-13(10-14)22-19(24)18-12(2)27-17-9-8-15(26-3)11-16(17)18/h5-11H,4H2,1-3H3,(H,22,24)(H2,21,23,25). The van der Waals surface area contributed by atoms with Gasteiger partial charge in [0.2, 0.25) is 0 Å². The van der Waals surface area contributed by atoms with Crippen LogP contribution < -0.4 is 20.7 Å². The Hall–Kier alpha value is -3.48. The van der Waals surface area contributed by atoms with Crippen molar-refractivity contribution in [3.63, 3.8) is 0 Å². The first-order valence-corrected chi connectivity index (χ1v) is 8.55. The Morgan fingerprint density at radius 1 is 1.07 bits per heavy atom. The molecule has 3 amide bonds. The van der Waals surface area contributed by atoms with Crippen LogP contribution in [0.25, 0.3) is 11.0 Å². The van der Waals surface area contributed by atoms with Gasteiger partial charge in [-0.2, -0.15) is 0 Å². The number of anilines is 2. The monoisotopic (exact) mass is 367 g/mol. The van der Waals surface area contributed by atoms with Gasteiger partial charge in [-0.3, -0.25) is 4.79 Å². The Morgan fingerprint density at radius 3 is 2.52 bits per heavy atom. The number of hydrogen-bond donors (Lipinski definition) is 3. The number of benzene rings is 2. The van der Waals surface area contributed by atoms with Crippen LogP contribution in [0.4, 0.5) is 16.2 Å². The predicted molar refractivity (Wildman–Crippen MR) is 105 cm³/mol. The molecule has 3 N–H and O–H groups in total. The van der Waals surface area contributed by atoms with Crippen molar-refractivity contribution in [1.29, 1.82) is 0 Å². The van der Waals surface area contributed by atoms with Crippen molar-refractivity contribution in [2.24, 2.45) is 0 Å². The van der Waals surface area contributed by atoms with Gasteiger partial charge in [-0.25, -0.2) is 4.79 Å². The van der Waals surface area contributed by atoms with Gasteiger partial charge in [0.1, 0.15) is 17.1 Å². The van der Waals surface area contributed by atoms with Crippen LogP contribution >= 0.6 is 0 Å². The molecule has 1 aromatic heterocycles. The molecule has 27 heavy (non-hydrogen) atoms. The molecule has 3 rings (SSSR count). The zero-order valence-corrected chi connectivity index (χ0v) is 15.4. The molecule has 0 aliphatic carbocycles. The van der Waals surface area contributed by atoms with Crippen molar-refractivity contribution in [3.8, 4) is 5.75 Å². The lowest BCUT2D eigenvalue weighted by atomic mass is 10.1. The number of fused-ring (bicyclic) bond motifs is 1. The van der Waals surface area contributed by atoms with Crippen LogP contribution in [0.3, 0.4) is 0 Å². The van der Waals surface area contributed by atoms with E-state index >= 15 is 0 Å². The van der Waals surface area contributed by atoms with E-state index in [1.54, 1.807) is 56.5 Å². The molecule has 0 saturated carbocycles. The van der Waals surface area contributed by atoms with Crippen LogP contribution in [0.1, 0.15) is 23.0 Å². The van der Waals surface area contributed by atoms with Crippen molar-refractivity contribution in [2.45, 2.75) is 13.8 Å². The summed E-state index contributed by atoms with van der Waals surface area (Å²) in [6.07, 6.45) is 0. The van der Waals surface area contributed by atoms with E-state index in [2.05, 4.69) is 16.0 Å². The van der Waals surface area contributed by atoms with Gasteiger partial charge in [-0.15, -0.1) is 0 Å². The van der Waals surface area contributed by atoms with E-state index in [0.717, 1.165) is 0 Å². The molecule has 3 aromatic rings. The Labute approximate surface area is 156 Å². The Bertz CT molecular complexity index is 994. The molecule has 0 fully saturated rings. The molecule has 1 heterocycles. The van der Waals surface area contributed by atoms with Crippen LogP contribution in [-0.4, -0.2) is 25.6 Å². The summed E-state index contributed by atoms with van der Waals surface area (Å²) in [6, 6.07) is 12.0. The first-order chi connectivity index (χ1) is 13.0. The molecule has 140 valence electrons. The summed E-state index contributed by atoms with van der Waals surface area (Å²) in [5.41, 5.74) is 2.20. The molecule has 7 heteroatoms. The van der Waals surface area contributed by atoms with Gasteiger partial charge >= 0.3 is 6.03 Å². The molecule has 0 unspecified atom stereocenters. The number of amides is 3. The Balaban J connectivity index is 1.84. The van der Waals surface area contributed by atoms with E-state index in [1.165, 1.54) is 0 Å². The number of carbonyl (C=O) groups excluding carboxylic acids is 2. The molecule has 0 aliphatic heterocycles. The summed E-state index contributed by atoms with van der Waals surface area (Å²) >= 11 is 0. The third-order valence-corrected chi connectivity index (χ3v) is 4.01. The largest absolute Gasteiger partial charge is 0.497 e. The van der Waals surface area contributed by atoms with Crippen molar-refractivity contribution < 1.29 is 18.7 Å². The highest BCUT2D eigenvalue weighted by atomic mass is 16.5. The number of furan rings is 1. The molecule has 0 aliphatic rings. The average Bonchev–Trinajstić information content (AvgIpc) is 2.96. The molecule has 0 bridgehead atoms. The number of urea groups is 1. The first-order valence-electron chi connectivity index (χ1n) is 8.55. The number of hydrogen-bond acceptors (Lipinski definition) is 4. The zero-order chi connectivity index (χ0) is 19.4. The second kappa shape index (κ2) is 7.82. The van der Waals surface area contributed by atoms with E-state index in [4.69, 9.17) is 9.15 Å². The summed E-state index contributed by atoms with van der Waals surface area (Å²) < 4.78 is 10.9. The SMILES string of the molecule is CCNC(=O)Nc1cccc(NC(=O)c2c(C)oc3ccc(OC)cc23)c1. The molecule has 0 radical (unpaired) electrons. The van der Waals surface area contributed by atoms with Crippen molar-refractivity contribution in [3.05, 3.63) is 53.8 Å². The maximum absolute atomic E-state index is 12.8. The highest BCUT2D eigenvalue weighted by Gasteiger charge is 2.19. The van der Waals surface area contributed by atoms with Gasteiger partial charge in [0.05, 0.1) is 12.7 Å². The lowest BCUT2D eigenvalue weighted by molar-refractivity contribution is 0.102. The van der Waals surface area contributed by atoms with Crippen LogP contribution in [0.15, 0.2) is 46.9 Å². The molecular formula is C20H21N3O4. The van der Waals surface area contributed by atoms with E-state index in [9.17, 15) is 9.59 Å². The minimum Gasteiger partial charge on any atom is -0.497 e. The molecule has 0 saturated heterocycles. The third-order valence-electron chi connectivity index (χ3n) is 4.01. The fraction of sp³-hybridized carbons (Fsp3) is 0.200. The highest BCUT2D eigenvalue weighted by Crippen LogP contribution is 2.29. The average molecular weight is 367 g/mol. The topological polar surface area (TPSA) is 92.6 Å². The summed E-state index contributed by atoms with van der Waals surface area (Å²) in [5, 5.41) is 8.89. The minimum atomic E-state index is -0.301. The zero-order valence-electron chi connectivity index (χ0n) is 15.4. The number of ether oxygens (including phenoxy) is 1. The van der Waals surface area contributed by atoms with Gasteiger partial charge in [0.25, 0.3) is 5.91 Å². The summed E-state index contributed by atoms with van der Waals surface area (Å²) in [5.74, 6) is 0.868. The molecular weight excluding hydrogens is 346 g/mol. The Morgan fingerprint density at radius 2 is 1.81 bits per heavy atom. The van der Waals surface area contributed by atoms with Crippen LogP contribution in [0.2, 0.25) is 0 Å². The lowest BCUT2D eigenvalue weighted by Gasteiger charge is -2.09. The fourth-order valence-corrected chi connectivity index (χ4v) is 2.81. The van der Waals surface area contributed by atoms with Gasteiger partial charge in [0.15, 0.2) is 0 Å². The summed E-state index contributed by atoms with van der Waals surface area (Å²) in [4.78, 5) is 24.5. The highest BCUT2D eigenvalue weighted by molar-refractivity contribution is 6.13. The number of carbonyl (C=O) groups is 2. The number of nitrogens with one attached hydrogen (secondary N) is 3. The van der Waals surface area contributed by atoms with Gasteiger partial charge in [-0.1, -0.05) is 6.07 Å². The van der Waals surface area contributed by atoms with Crippen molar-refractivity contribution >= 4 is 34.3 Å². The maximum atomic E-state index is 12.8. The first kappa shape index (κ1) is 18.3. The molecule has 7 nitrogen and oxygen atoms in total. The predicted octanol–water partition coefficient (Wildman–Crippen LogP) is 4.14. The molecule has 0 spiro atoms. The number of rotatable bonds is 5. The summed E-state index contributed by atoms with van der Waals surface area (Å²) in [7, 11) is 1.57. The molecule has 0 atom stereocenters. The normalized spacial score (nSPS) is 10.5. The fourth-order valence-electron chi connectivity index (χ4n) is 2.81. The third kappa shape index (κ3) is 4.03. The number of methoxy groups -OCH3 is 1. The molecule has 2 aromatic carbocycles. The summed E-state index contributed by atoms with van der Waals surface area (Å²) in [6.45, 7) is 4.11. The van der Waals surface area contributed by atoms with Gasteiger partial charge in [-0.05, 0) is 50.2 Å². The van der Waals surface area contributed by atoms with Crippen LogP contribution in [-0.2, 0) is 0 Å². The van der Waals surface area contributed by atoms with Gasteiger partial charge < -0.3 is 25.1 Å². The van der Waals surface area contributed by atoms with Crippen LogP contribution in [0.5, 0.6) is 5.75 Å². The Kier molecular flexibility index (Phi) is 5.30. The minimum absolute atomic E-state index is 0.297. The smallest absolute Gasteiger partial charge is 0.319 e. The van der Waals surface area contributed by atoms with Crippen LogP contribution in [0, 0.1) is 6.92 Å². The maximum Gasteiger partial charge on any atom is 0.319 e. The second-order valence-electron chi connectivity index (χ2n) is 5.91. The van der Waals surface area contributed by atoms with E-state index < -0.39 is 0 Å². The van der Waals surface area contributed by atoms with E-state index in [1.807, 2.05) is 6.92 Å². The van der Waals surface area contributed by atoms with Gasteiger partial charge in [0, 0.05) is 23.3 Å². The van der Waals surface area contributed by atoms with E-state index in [-0.39, 0.29) is 11.9 Å².